The van der Waals surface area contributed by atoms with Gasteiger partial charge in [0.25, 0.3) is 5.91 Å². The van der Waals surface area contributed by atoms with Crippen LogP contribution in [-0.4, -0.2) is 36.2 Å². The van der Waals surface area contributed by atoms with Crippen LogP contribution in [0.15, 0.2) is 18.3 Å². The van der Waals surface area contributed by atoms with E-state index in [0.29, 0.717) is 16.4 Å². The summed E-state index contributed by atoms with van der Waals surface area (Å²) in [5, 5.41) is 15.0. The van der Waals surface area contributed by atoms with Crippen LogP contribution in [0.3, 0.4) is 0 Å². The molecule has 0 spiro atoms. The lowest BCUT2D eigenvalue weighted by atomic mass is 10.2. The number of carbonyl (C=O) groups is 1. The van der Waals surface area contributed by atoms with Crippen molar-refractivity contribution in [1.82, 2.24) is 15.8 Å². The summed E-state index contributed by atoms with van der Waals surface area (Å²) in [6, 6.07) is 1.69. The molecule has 0 atom stereocenters. The second kappa shape index (κ2) is 12.1. The zero-order chi connectivity index (χ0) is 16.1. The number of carbonyl (C=O) groups excluding carboxylic acids is 1. The molecule has 0 bridgehead atoms. The Kier molecular flexibility index (Phi) is 11.2. The standard InChI is InChI=1S/C12H17ClN4O2.C2H6/c1-14-5-2-6-15-12-10(13)7-9(8-16-12)3-4-11(18)17-19;1-2/h3-4,7-8,14,19H,2,5-6H2,1H3,(H,15,16)(H,17,18);1-2H3/b4-3+;. The van der Waals surface area contributed by atoms with E-state index in [2.05, 4.69) is 15.6 Å². The molecule has 1 aromatic rings. The Morgan fingerprint density at radius 3 is 2.71 bits per heavy atom. The van der Waals surface area contributed by atoms with Crippen molar-refractivity contribution in [3.05, 3.63) is 28.9 Å². The lowest BCUT2D eigenvalue weighted by Crippen LogP contribution is -2.14. The van der Waals surface area contributed by atoms with Crippen LogP contribution in [0.25, 0.3) is 6.08 Å². The molecule has 1 aromatic heterocycles. The summed E-state index contributed by atoms with van der Waals surface area (Å²) >= 11 is 6.07. The number of hydrogen-bond acceptors (Lipinski definition) is 5. The smallest absolute Gasteiger partial charge is 0.267 e. The summed E-state index contributed by atoms with van der Waals surface area (Å²) in [4.78, 5) is 15.0. The van der Waals surface area contributed by atoms with E-state index in [-0.39, 0.29) is 0 Å². The van der Waals surface area contributed by atoms with E-state index in [1.165, 1.54) is 17.6 Å². The van der Waals surface area contributed by atoms with Gasteiger partial charge in [0.05, 0.1) is 5.02 Å². The normalized spacial score (nSPS) is 9.95. The zero-order valence-electron chi connectivity index (χ0n) is 12.6. The summed E-state index contributed by atoms with van der Waals surface area (Å²) < 4.78 is 0. The predicted octanol–water partition coefficient (Wildman–Crippen LogP) is 2.30. The largest absolute Gasteiger partial charge is 0.369 e. The van der Waals surface area contributed by atoms with Gasteiger partial charge < -0.3 is 10.6 Å². The summed E-state index contributed by atoms with van der Waals surface area (Å²) in [5.41, 5.74) is 2.18. The van der Waals surface area contributed by atoms with Gasteiger partial charge in [0.1, 0.15) is 5.82 Å². The molecular formula is C14H23ClN4O2. The van der Waals surface area contributed by atoms with Crippen LogP contribution in [-0.2, 0) is 4.79 Å². The molecule has 21 heavy (non-hydrogen) atoms. The van der Waals surface area contributed by atoms with Gasteiger partial charge in [0.2, 0.25) is 0 Å². The number of hydrogen-bond donors (Lipinski definition) is 4. The third-order valence-corrected chi connectivity index (χ3v) is 2.58. The van der Waals surface area contributed by atoms with Gasteiger partial charge >= 0.3 is 0 Å². The van der Waals surface area contributed by atoms with Gasteiger partial charge in [-0.3, -0.25) is 10.0 Å². The lowest BCUT2D eigenvalue weighted by molar-refractivity contribution is -0.124. The molecule has 0 aliphatic rings. The van der Waals surface area contributed by atoms with Crippen molar-refractivity contribution in [2.75, 3.05) is 25.5 Å². The van der Waals surface area contributed by atoms with Crippen molar-refractivity contribution in [1.29, 1.82) is 0 Å². The number of nitrogens with zero attached hydrogens (tertiary/aromatic N) is 1. The van der Waals surface area contributed by atoms with E-state index in [0.717, 1.165) is 19.5 Å². The summed E-state index contributed by atoms with van der Waals surface area (Å²) in [7, 11) is 1.90. The fraction of sp³-hybridized carbons (Fsp3) is 0.429. The number of aromatic nitrogens is 1. The number of pyridine rings is 1. The van der Waals surface area contributed by atoms with Crippen molar-refractivity contribution >= 4 is 29.4 Å². The van der Waals surface area contributed by atoms with Crippen molar-refractivity contribution in [2.24, 2.45) is 0 Å². The third-order valence-electron chi connectivity index (χ3n) is 2.30. The first-order valence-electron chi connectivity index (χ1n) is 6.83. The molecule has 0 aliphatic carbocycles. The number of amides is 1. The molecule has 118 valence electrons. The van der Waals surface area contributed by atoms with Crippen LogP contribution in [0.1, 0.15) is 25.8 Å². The summed E-state index contributed by atoms with van der Waals surface area (Å²) in [5.74, 6) is 0.00641. The van der Waals surface area contributed by atoms with Gasteiger partial charge in [-0.1, -0.05) is 25.4 Å². The van der Waals surface area contributed by atoms with E-state index in [9.17, 15) is 4.79 Å². The Bertz CT molecular complexity index is 453. The first-order valence-corrected chi connectivity index (χ1v) is 7.21. The van der Waals surface area contributed by atoms with Crippen molar-refractivity contribution in [3.8, 4) is 0 Å². The second-order valence-electron chi connectivity index (χ2n) is 3.79. The van der Waals surface area contributed by atoms with E-state index in [1.54, 1.807) is 12.3 Å². The highest BCUT2D eigenvalue weighted by Gasteiger charge is 2.02. The summed E-state index contributed by atoms with van der Waals surface area (Å²) in [6.07, 6.45) is 5.25. The highest BCUT2D eigenvalue weighted by Crippen LogP contribution is 2.20. The minimum absolute atomic E-state index is 0.482. The van der Waals surface area contributed by atoms with Gasteiger partial charge in [-0.15, -0.1) is 0 Å². The number of rotatable bonds is 7. The molecule has 0 fully saturated rings. The van der Waals surface area contributed by atoms with Gasteiger partial charge in [-0.05, 0) is 37.7 Å². The zero-order valence-corrected chi connectivity index (χ0v) is 13.4. The highest BCUT2D eigenvalue weighted by atomic mass is 35.5. The van der Waals surface area contributed by atoms with Gasteiger partial charge in [-0.2, -0.15) is 0 Å². The number of halogens is 1. The Balaban J connectivity index is 0.00000191. The maximum Gasteiger partial charge on any atom is 0.267 e. The van der Waals surface area contributed by atoms with Crippen LogP contribution < -0.4 is 16.1 Å². The average Bonchev–Trinajstić information content (AvgIpc) is 2.52. The quantitative estimate of drug-likeness (QED) is 0.268. The molecule has 7 heteroatoms. The molecule has 0 radical (unpaired) electrons. The van der Waals surface area contributed by atoms with E-state index in [1.807, 2.05) is 20.9 Å². The fourth-order valence-corrected chi connectivity index (χ4v) is 1.60. The Labute approximate surface area is 130 Å². The molecular weight excluding hydrogens is 292 g/mol. The topological polar surface area (TPSA) is 86.3 Å². The Morgan fingerprint density at radius 2 is 2.14 bits per heavy atom. The predicted molar refractivity (Wildman–Crippen MR) is 86.6 cm³/mol. The Hall–Kier alpha value is -1.63. The van der Waals surface area contributed by atoms with Crippen molar-refractivity contribution < 1.29 is 10.0 Å². The van der Waals surface area contributed by atoms with Crippen molar-refractivity contribution in [3.63, 3.8) is 0 Å². The fourth-order valence-electron chi connectivity index (χ4n) is 1.36. The first-order chi connectivity index (χ1) is 10.2. The third kappa shape index (κ3) is 8.29. The first kappa shape index (κ1) is 19.4. The van der Waals surface area contributed by atoms with Crippen LogP contribution in [0, 0.1) is 0 Å². The summed E-state index contributed by atoms with van der Waals surface area (Å²) in [6.45, 7) is 5.69. The van der Waals surface area contributed by atoms with Crippen LogP contribution in [0.2, 0.25) is 5.02 Å². The maximum atomic E-state index is 10.8. The van der Waals surface area contributed by atoms with E-state index >= 15 is 0 Å². The molecule has 1 rings (SSSR count). The van der Waals surface area contributed by atoms with Gasteiger partial charge in [0, 0.05) is 18.8 Å². The SMILES string of the molecule is CC.CNCCCNc1ncc(/C=C/C(=O)NO)cc1Cl. The molecule has 1 amide bonds. The molecule has 0 aromatic carbocycles. The molecule has 1 heterocycles. The molecule has 6 nitrogen and oxygen atoms in total. The average molecular weight is 315 g/mol. The molecule has 0 saturated heterocycles. The molecule has 0 aliphatic heterocycles. The van der Waals surface area contributed by atoms with Crippen LogP contribution >= 0.6 is 11.6 Å². The second-order valence-corrected chi connectivity index (χ2v) is 4.20. The van der Waals surface area contributed by atoms with E-state index in [4.69, 9.17) is 16.8 Å². The van der Waals surface area contributed by atoms with Crippen molar-refractivity contribution in [2.45, 2.75) is 20.3 Å². The van der Waals surface area contributed by atoms with Crippen LogP contribution in [0.4, 0.5) is 5.82 Å². The monoisotopic (exact) mass is 314 g/mol. The minimum Gasteiger partial charge on any atom is -0.369 e. The Morgan fingerprint density at radius 1 is 1.43 bits per heavy atom. The maximum absolute atomic E-state index is 10.8. The number of hydroxylamine groups is 1. The number of anilines is 1. The highest BCUT2D eigenvalue weighted by molar-refractivity contribution is 6.33. The van der Waals surface area contributed by atoms with Gasteiger partial charge in [-0.25, -0.2) is 10.5 Å². The molecule has 0 saturated carbocycles. The number of nitrogens with one attached hydrogen (secondary N) is 3. The molecule has 4 N–H and O–H groups in total. The lowest BCUT2D eigenvalue weighted by Gasteiger charge is -2.07. The minimum atomic E-state index is -0.606. The van der Waals surface area contributed by atoms with Crippen LogP contribution in [0.5, 0.6) is 0 Å². The van der Waals surface area contributed by atoms with Gasteiger partial charge in [0.15, 0.2) is 0 Å². The molecule has 0 unspecified atom stereocenters. The van der Waals surface area contributed by atoms with E-state index < -0.39 is 5.91 Å².